The van der Waals surface area contributed by atoms with Crippen LogP contribution in [0.3, 0.4) is 0 Å². The second kappa shape index (κ2) is 8.09. The van der Waals surface area contributed by atoms with Crippen molar-refractivity contribution in [1.29, 1.82) is 0 Å². The predicted octanol–water partition coefficient (Wildman–Crippen LogP) is 3.14. The number of likely N-dealkylation sites (N-methyl/N-ethyl adjacent to an activating group) is 1. The van der Waals surface area contributed by atoms with Gasteiger partial charge in [0.2, 0.25) is 0 Å². The van der Waals surface area contributed by atoms with E-state index in [4.69, 9.17) is 9.72 Å². The first-order valence-corrected chi connectivity index (χ1v) is 10.5. The smallest absolute Gasteiger partial charge is 0.251 e. The molecule has 1 aliphatic rings. The molecule has 7 nitrogen and oxygen atoms in total. The van der Waals surface area contributed by atoms with Gasteiger partial charge in [0.1, 0.15) is 0 Å². The van der Waals surface area contributed by atoms with Gasteiger partial charge in [-0.05, 0) is 50.3 Å². The number of benzene rings is 2. The minimum atomic E-state index is -0.0624. The van der Waals surface area contributed by atoms with E-state index in [1.54, 1.807) is 0 Å². The fraction of sp³-hybridized carbons (Fsp3) is 0.292. The number of ether oxygens (including phenoxy) is 1. The number of H-pyrrole nitrogens is 1. The number of rotatable bonds is 5. The minimum absolute atomic E-state index is 0.0624. The molecule has 0 saturated heterocycles. The first-order chi connectivity index (χ1) is 15.1. The largest absolute Gasteiger partial charge is 0.376 e. The van der Waals surface area contributed by atoms with E-state index < -0.39 is 0 Å². The van der Waals surface area contributed by atoms with Crippen LogP contribution in [0, 0.1) is 0 Å². The van der Waals surface area contributed by atoms with Gasteiger partial charge in [-0.25, -0.2) is 4.98 Å². The lowest BCUT2D eigenvalue weighted by atomic mass is 9.92. The summed E-state index contributed by atoms with van der Waals surface area (Å²) in [6, 6.07) is 11.7. The zero-order valence-electron chi connectivity index (χ0n) is 17.7. The topological polar surface area (TPSA) is 83.1 Å². The quantitative estimate of drug-likeness (QED) is 0.523. The van der Waals surface area contributed by atoms with E-state index in [2.05, 4.69) is 15.5 Å². The fourth-order valence-corrected chi connectivity index (χ4v) is 4.19. The van der Waals surface area contributed by atoms with Crippen molar-refractivity contribution in [1.82, 2.24) is 25.4 Å². The van der Waals surface area contributed by atoms with E-state index in [0.717, 1.165) is 51.6 Å². The maximum Gasteiger partial charge on any atom is 0.251 e. The van der Waals surface area contributed by atoms with Gasteiger partial charge in [0, 0.05) is 40.6 Å². The van der Waals surface area contributed by atoms with Crippen molar-refractivity contribution in [2.24, 2.45) is 0 Å². The summed E-state index contributed by atoms with van der Waals surface area (Å²) in [7, 11) is 3.97. The maximum atomic E-state index is 12.4. The van der Waals surface area contributed by atoms with E-state index in [1.807, 2.05) is 61.6 Å². The highest BCUT2D eigenvalue weighted by molar-refractivity contribution is 6.07. The molecule has 4 aromatic rings. The number of pyridine rings is 1. The molecule has 0 unspecified atom stereocenters. The molecular formula is C24H25N5O2. The van der Waals surface area contributed by atoms with Gasteiger partial charge < -0.3 is 15.0 Å². The van der Waals surface area contributed by atoms with Crippen LogP contribution >= 0.6 is 0 Å². The molecule has 2 N–H and O–H groups in total. The highest BCUT2D eigenvalue weighted by Gasteiger charge is 2.21. The Hall–Kier alpha value is -3.29. The molecule has 0 spiro atoms. The minimum Gasteiger partial charge on any atom is -0.376 e. The molecule has 0 radical (unpaired) electrons. The molecule has 3 heterocycles. The summed E-state index contributed by atoms with van der Waals surface area (Å²) in [4.78, 5) is 19.4. The molecule has 7 heteroatoms. The van der Waals surface area contributed by atoms with Gasteiger partial charge in [0.25, 0.3) is 5.91 Å². The van der Waals surface area contributed by atoms with Crippen LogP contribution in [0.15, 0.2) is 42.6 Å². The van der Waals surface area contributed by atoms with Crippen molar-refractivity contribution < 1.29 is 9.53 Å². The Morgan fingerprint density at radius 3 is 2.81 bits per heavy atom. The van der Waals surface area contributed by atoms with Gasteiger partial charge in [-0.15, -0.1) is 0 Å². The summed E-state index contributed by atoms with van der Waals surface area (Å²) >= 11 is 0. The summed E-state index contributed by atoms with van der Waals surface area (Å²) in [6.07, 6.45) is 2.72. The number of nitrogens with one attached hydrogen (secondary N) is 2. The summed E-state index contributed by atoms with van der Waals surface area (Å²) < 4.78 is 5.79. The summed E-state index contributed by atoms with van der Waals surface area (Å²) in [6.45, 7) is 2.66. The van der Waals surface area contributed by atoms with Crippen LogP contribution in [0.5, 0.6) is 0 Å². The average molecular weight is 415 g/mol. The third kappa shape index (κ3) is 3.66. The maximum absolute atomic E-state index is 12.4. The standard InChI is InChI=1S/C24H25N5O2/c1-29(2)11-10-25-24(30)16-5-3-15(4-6-16)23-19-14-31-12-9-17(19)22-18-13-26-28-20(18)7-8-21(22)27-23/h3-8,13H,9-12,14H2,1-2H3,(H,25,30)(H,26,28). The molecule has 158 valence electrons. The molecule has 1 amide bonds. The first kappa shape index (κ1) is 19.7. The SMILES string of the molecule is CN(C)CCNC(=O)c1ccc(-c2nc3ccc4[nH]ncc4c3c3c2COCC3)cc1. The molecule has 0 fully saturated rings. The van der Waals surface area contributed by atoms with Gasteiger partial charge in [-0.3, -0.25) is 9.89 Å². The third-order valence-electron chi connectivity index (χ3n) is 5.79. The van der Waals surface area contributed by atoms with Crippen LogP contribution < -0.4 is 5.32 Å². The lowest BCUT2D eigenvalue weighted by molar-refractivity contribution is 0.0951. The van der Waals surface area contributed by atoms with Crippen molar-refractivity contribution in [3.05, 3.63) is 59.3 Å². The Morgan fingerprint density at radius 1 is 1.16 bits per heavy atom. The number of nitrogens with zero attached hydrogens (tertiary/aromatic N) is 3. The molecule has 31 heavy (non-hydrogen) atoms. The number of aromatic nitrogens is 3. The van der Waals surface area contributed by atoms with Crippen LogP contribution in [0.1, 0.15) is 21.5 Å². The average Bonchev–Trinajstić information content (AvgIpc) is 3.27. The van der Waals surface area contributed by atoms with Crippen molar-refractivity contribution >= 4 is 27.7 Å². The third-order valence-corrected chi connectivity index (χ3v) is 5.79. The highest BCUT2D eigenvalue weighted by Crippen LogP contribution is 2.36. The molecule has 2 aromatic heterocycles. The van der Waals surface area contributed by atoms with E-state index >= 15 is 0 Å². The van der Waals surface area contributed by atoms with Crippen molar-refractivity contribution in [3.8, 4) is 11.3 Å². The van der Waals surface area contributed by atoms with E-state index in [9.17, 15) is 4.79 Å². The number of fused-ring (bicyclic) bond motifs is 5. The van der Waals surface area contributed by atoms with Gasteiger partial charge in [0.15, 0.2) is 0 Å². The zero-order valence-corrected chi connectivity index (χ0v) is 17.7. The van der Waals surface area contributed by atoms with Gasteiger partial charge >= 0.3 is 0 Å². The van der Waals surface area contributed by atoms with Crippen LogP contribution in [-0.2, 0) is 17.8 Å². The number of carbonyl (C=O) groups excluding carboxylic acids is 1. The van der Waals surface area contributed by atoms with Crippen molar-refractivity contribution in [2.45, 2.75) is 13.0 Å². The molecule has 0 bridgehead atoms. The van der Waals surface area contributed by atoms with Crippen molar-refractivity contribution in [3.63, 3.8) is 0 Å². The van der Waals surface area contributed by atoms with Crippen LogP contribution in [-0.4, -0.2) is 59.8 Å². The molecule has 1 aliphatic heterocycles. The Bertz CT molecular complexity index is 1260. The molecule has 5 rings (SSSR count). The number of amides is 1. The molecule has 0 aliphatic carbocycles. The number of aromatic amines is 1. The van der Waals surface area contributed by atoms with Crippen LogP contribution in [0.25, 0.3) is 33.1 Å². The van der Waals surface area contributed by atoms with Crippen LogP contribution in [0.2, 0.25) is 0 Å². The second-order valence-electron chi connectivity index (χ2n) is 8.15. The predicted molar refractivity (Wildman–Crippen MR) is 121 cm³/mol. The molecule has 0 atom stereocenters. The van der Waals surface area contributed by atoms with Gasteiger partial charge in [-0.2, -0.15) is 5.10 Å². The summed E-state index contributed by atoms with van der Waals surface area (Å²) in [5.41, 5.74) is 6.92. The summed E-state index contributed by atoms with van der Waals surface area (Å²) in [5.74, 6) is -0.0624. The zero-order chi connectivity index (χ0) is 21.4. The van der Waals surface area contributed by atoms with E-state index in [-0.39, 0.29) is 5.91 Å². The Labute approximate surface area is 180 Å². The Kier molecular flexibility index (Phi) is 5.13. The van der Waals surface area contributed by atoms with Gasteiger partial charge in [-0.1, -0.05) is 12.1 Å². The molecular weight excluding hydrogens is 390 g/mol. The fourth-order valence-electron chi connectivity index (χ4n) is 4.19. The van der Waals surface area contributed by atoms with Gasteiger partial charge in [0.05, 0.1) is 36.1 Å². The van der Waals surface area contributed by atoms with E-state index in [1.165, 1.54) is 5.56 Å². The summed E-state index contributed by atoms with van der Waals surface area (Å²) in [5, 5.41) is 12.5. The Morgan fingerprint density at radius 2 is 2.00 bits per heavy atom. The normalized spacial score (nSPS) is 13.6. The van der Waals surface area contributed by atoms with Crippen LogP contribution in [0.4, 0.5) is 0 Å². The molecule has 0 saturated carbocycles. The first-order valence-electron chi connectivity index (χ1n) is 10.5. The molecule has 2 aromatic carbocycles. The lowest BCUT2D eigenvalue weighted by Crippen LogP contribution is -2.31. The highest BCUT2D eigenvalue weighted by atomic mass is 16.5. The lowest BCUT2D eigenvalue weighted by Gasteiger charge is -2.22. The number of carbonyl (C=O) groups is 1. The number of hydrogen-bond acceptors (Lipinski definition) is 5. The monoisotopic (exact) mass is 415 g/mol. The number of hydrogen-bond donors (Lipinski definition) is 2. The second-order valence-corrected chi connectivity index (χ2v) is 8.15. The van der Waals surface area contributed by atoms with E-state index in [0.29, 0.717) is 25.3 Å². The van der Waals surface area contributed by atoms with Crippen molar-refractivity contribution in [2.75, 3.05) is 33.8 Å². The Balaban J connectivity index is 1.53.